The topological polar surface area (TPSA) is 74.5 Å². The van der Waals surface area contributed by atoms with Crippen LogP contribution in [0.3, 0.4) is 0 Å². The van der Waals surface area contributed by atoms with Crippen molar-refractivity contribution in [1.29, 1.82) is 5.26 Å². The van der Waals surface area contributed by atoms with E-state index in [1.807, 2.05) is 44.2 Å². The van der Waals surface area contributed by atoms with Gasteiger partial charge < -0.3 is 14.6 Å². The second kappa shape index (κ2) is 9.75. The fourth-order valence-corrected chi connectivity index (χ4v) is 2.92. The maximum absolute atomic E-state index is 9.68. The zero-order valence-corrected chi connectivity index (χ0v) is 14.5. The van der Waals surface area contributed by atoms with Crippen molar-refractivity contribution in [3.8, 4) is 6.07 Å². The summed E-state index contributed by atoms with van der Waals surface area (Å²) in [6.07, 6.45) is 2.83. The molecule has 1 aliphatic rings. The van der Waals surface area contributed by atoms with Crippen molar-refractivity contribution in [3.05, 3.63) is 35.9 Å². The minimum absolute atomic E-state index is 0.0294. The molecule has 5 heteroatoms. The van der Waals surface area contributed by atoms with E-state index in [2.05, 4.69) is 11.4 Å². The number of benzene rings is 1. The summed E-state index contributed by atoms with van der Waals surface area (Å²) in [5.41, 5.74) is 0.969. The normalized spacial score (nSPS) is 23.0. The van der Waals surface area contributed by atoms with E-state index in [4.69, 9.17) is 9.47 Å². The molecule has 1 saturated heterocycles. The largest absolute Gasteiger partial charge is 0.394 e. The van der Waals surface area contributed by atoms with Crippen molar-refractivity contribution in [1.82, 2.24) is 5.32 Å². The van der Waals surface area contributed by atoms with Gasteiger partial charge in [0.25, 0.3) is 0 Å². The third-order valence-corrected chi connectivity index (χ3v) is 4.67. The summed E-state index contributed by atoms with van der Waals surface area (Å²) < 4.78 is 11.6. The minimum atomic E-state index is -0.416. The molecule has 1 aliphatic heterocycles. The van der Waals surface area contributed by atoms with Gasteiger partial charge in [-0.25, -0.2) is 0 Å². The number of nitrogens with zero attached hydrogens (tertiary/aromatic N) is 1. The van der Waals surface area contributed by atoms with E-state index in [9.17, 15) is 10.4 Å². The summed E-state index contributed by atoms with van der Waals surface area (Å²) in [6, 6.07) is 11.3. The van der Waals surface area contributed by atoms with Crippen LogP contribution in [0.2, 0.25) is 0 Å². The van der Waals surface area contributed by atoms with Crippen LogP contribution in [0.5, 0.6) is 0 Å². The van der Waals surface area contributed by atoms with Gasteiger partial charge in [-0.05, 0) is 31.7 Å². The fourth-order valence-electron chi connectivity index (χ4n) is 2.92. The van der Waals surface area contributed by atoms with Gasteiger partial charge in [-0.2, -0.15) is 5.26 Å². The Bertz CT molecular complexity index is 511. The quantitative estimate of drug-likeness (QED) is 0.766. The molecule has 1 heterocycles. The first kappa shape index (κ1) is 18.9. The van der Waals surface area contributed by atoms with E-state index in [0.717, 1.165) is 31.4 Å². The van der Waals surface area contributed by atoms with Crippen LogP contribution in [-0.4, -0.2) is 36.8 Å². The van der Waals surface area contributed by atoms with E-state index in [1.54, 1.807) is 0 Å². The van der Waals surface area contributed by atoms with Gasteiger partial charge in [0.2, 0.25) is 0 Å². The third-order valence-electron chi connectivity index (χ3n) is 4.67. The van der Waals surface area contributed by atoms with Crippen molar-refractivity contribution in [2.45, 2.75) is 57.6 Å². The molecule has 5 nitrogen and oxygen atoms in total. The first-order valence-electron chi connectivity index (χ1n) is 8.74. The molecule has 0 bridgehead atoms. The molecule has 0 aromatic heterocycles. The van der Waals surface area contributed by atoms with Crippen molar-refractivity contribution in [2.24, 2.45) is 5.92 Å². The van der Waals surface area contributed by atoms with Gasteiger partial charge in [0.1, 0.15) is 6.04 Å². The first-order chi connectivity index (χ1) is 11.7. The molecule has 5 atom stereocenters. The SMILES string of the molecule is C[C@H](OC1CCCCO1)[C@H](C)C(C#N)N[C@@H](CO)c1ccccc1. The molecule has 0 amide bonds. The van der Waals surface area contributed by atoms with Crippen LogP contribution in [0.15, 0.2) is 30.3 Å². The molecule has 1 aromatic rings. The van der Waals surface area contributed by atoms with Crippen molar-refractivity contribution < 1.29 is 14.6 Å². The molecule has 2 N–H and O–H groups in total. The van der Waals surface area contributed by atoms with E-state index < -0.39 is 6.04 Å². The number of ether oxygens (including phenoxy) is 2. The highest BCUT2D eigenvalue weighted by molar-refractivity contribution is 5.19. The molecule has 2 unspecified atom stereocenters. The Morgan fingerprint density at radius 2 is 2.08 bits per heavy atom. The average Bonchev–Trinajstić information content (AvgIpc) is 2.64. The van der Waals surface area contributed by atoms with Gasteiger partial charge in [-0.15, -0.1) is 0 Å². The molecule has 0 spiro atoms. The molecule has 0 radical (unpaired) electrons. The number of aliphatic hydroxyl groups is 1. The van der Waals surface area contributed by atoms with E-state index >= 15 is 0 Å². The lowest BCUT2D eigenvalue weighted by atomic mass is 9.95. The zero-order chi connectivity index (χ0) is 17.4. The molecule has 132 valence electrons. The van der Waals surface area contributed by atoms with Crippen LogP contribution in [0.1, 0.15) is 44.7 Å². The summed E-state index contributed by atoms with van der Waals surface area (Å²) in [4.78, 5) is 0. The number of nitriles is 1. The Kier molecular flexibility index (Phi) is 7.67. The Balaban J connectivity index is 1.94. The summed E-state index contributed by atoms with van der Waals surface area (Å²) in [5.74, 6) is -0.0294. The highest BCUT2D eigenvalue weighted by Crippen LogP contribution is 2.22. The Hall–Kier alpha value is -1.45. The van der Waals surface area contributed by atoms with Crippen LogP contribution in [0.25, 0.3) is 0 Å². The number of aliphatic hydroxyl groups excluding tert-OH is 1. The van der Waals surface area contributed by atoms with Gasteiger partial charge in [0.05, 0.1) is 24.8 Å². The summed E-state index contributed by atoms with van der Waals surface area (Å²) in [7, 11) is 0. The summed E-state index contributed by atoms with van der Waals surface area (Å²) in [5, 5.41) is 22.5. The molecular formula is C19H28N2O3. The Morgan fingerprint density at radius 1 is 1.33 bits per heavy atom. The minimum Gasteiger partial charge on any atom is -0.394 e. The number of nitrogens with one attached hydrogen (secondary N) is 1. The Labute approximate surface area is 144 Å². The van der Waals surface area contributed by atoms with Crippen LogP contribution in [-0.2, 0) is 9.47 Å². The second-order valence-electron chi connectivity index (χ2n) is 6.42. The standard InChI is InChI=1S/C19H28N2O3/c1-14(15(2)24-19-10-6-7-11-23-19)17(12-20)21-18(13-22)16-8-4-3-5-9-16/h3-5,8-9,14-15,17-19,21-22H,6-7,10-11,13H2,1-2H3/t14-,15-,17?,18-,19?/m0/s1. The second-order valence-corrected chi connectivity index (χ2v) is 6.42. The summed E-state index contributed by atoms with van der Waals surface area (Å²) >= 11 is 0. The van der Waals surface area contributed by atoms with Crippen LogP contribution < -0.4 is 5.32 Å². The lowest BCUT2D eigenvalue weighted by Gasteiger charge is -2.32. The van der Waals surface area contributed by atoms with Gasteiger partial charge in [-0.1, -0.05) is 37.3 Å². The van der Waals surface area contributed by atoms with Crippen molar-refractivity contribution in [2.75, 3.05) is 13.2 Å². The van der Waals surface area contributed by atoms with E-state index in [1.165, 1.54) is 0 Å². The average molecular weight is 332 g/mol. The smallest absolute Gasteiger partial charge is 0.157 e. The van der Waals surface area contributed by atoms with Crippen molar-refractivity contribution in [3.63, 3.8) is 0 Å². The summed E-state index contributed by atoms with van der Waals surface area (Å²) in [6.45, 7) is 4.65. The third kappa shape index (κ3) is 5.29. The number of hydrogen-bond donors (Lipinski definition) is 2. The predicted octanol–water partition coefficient (Wildman–Crippen LogP) is 2.77. The van der Waals surface area contributed by atoms with Gasteiger partial charge >= 0.3 is 0 Å². The van der Waals surface area contributed by atoms with Crippen LogP contribution in [0, 0.1) is 17.2 Å². The van der Waals surface area contributed by atoms with Crippen LogP contribution in [0.4, 0.5) is 0 Å². The van der Waals surface area contributed by atoms with E-state index in [-0.39, 0.29) is 31.0 Å². The molecule has 0 saturated carbocycles. The van der Waals surface area contributed by atoms with Crippen molar-refractivity contribution >= 4 is 0 Å². The predicted molar refractivity (Wildman–Crippen MR) is 92.1 cm³/mol. The highest BCUT2D eigenvalue weighted by atomic mass is 16.7. The fraction of sp³-hybridized carbons (Fsp3) is 0.632. The van der Waals surface area contributed by atoms with Gasteiger partial charge in [0.15, 0.2) is 6.29 Å². The van der Waals surface area contributed by atoms with Gasteiger partial charge in [0, 0.05) is 12.5 Å². The lowest BCUT2D eigenvalue weighted by molar-refractivity contribution is -0.194. The molecule has 2 rings (SSSR count). The zero-order valence-electron chi connectivity index (χ0n) is 14.5. The highest BCUT2D eigenvalue weighted by Gasteiger charge is 2.28. The van der Waals surface area contributed by atoms with Crippen LogP contribution >= 0.6 is 0 Å². The number of rotatable bonds is 8. The molecule has 1 aromatic carbocycles. The van der Waals surface area contributed by atoms with E-state index in [0.29, 0.717) is 0 Å². The molecule has 24 heavy (non-hydrogen) atoms. The molecule has 0 aliphatic carbocycles. The lowest BCUT2D eigenvalue weighted by Crippen LogP contribution is -2.43. The first-order valence-corrected chi connectivity index (χ1v) is 8.74. The monoisotopic (exact) mass is 332 g/mol. The number of hydrogen-bond acceptors (Lipinski definition) is 5. The molecule has 1 fully saturated rings. The maximum atomic E-state index is 9.68. The molecular weight excluding hydrogens is 304 g/mol. The maximum Gasteiger partial charge on any atom is 0.157 e. The van der Waals surface area contributed by atoms with Gasteiger partial charge in [-0.3, -0.25) is 5.32 Å². The Morgan fingerprint density at radius 3 is 2.67 bits per heavy atom.